The Bertz CT molecular complexity index is 1130. The molecule has 4 rings (SSSR count). The Labute approximate surface area is 190 Å². The molecule has 0 aliphatic carbocycles. The van der Waals surface area contributed by atoms with Crippen molar-refractivity contribution in [3.05, 3.63) is 54.6 Å². The number of para-hydroxylation sites is 1. The van der Waals surface area contributed by atoms with Crippen LogP contribution < -0.4 is 9.64 Å². The van der Waals surface area contributed by atoms with Gasteiger partial charge in [-0.3, -0.25) is 9.59 Å². The highest BCUT2D eigenvalue weighted by Crippen LogP contribution is 2.41. The van der Waals surface area contributed by atoms with E-state index in [2.05, 4.69) is 4.99 Å². The highest BCUT2D eigenvalue weighted by atomic mass is 32.2. The summed E-state index contributed by atoms with van der Waals surface area (Å²) in [5.41, 5.74) is 0.722. The van der Waals surface area contributed by atoms with Gasteiger partial charge in [-0.15, -0.1) is 0 Å². The Balaban J connectivity index is 1.55. The molecule has 0 radical (unpaired) electrons. The number of benzene rings is 2. The SMILES string of the molecule is O=C(O)CCCC(=O)N=C1S[C@H]2CS(=O)(=O)C[C@@H]2N1c1ccc(Oc2ccccc2)cc1. The maximum Gasteiger partial charge on any atom is 0.303 e. The number of amidine groups is 1. The van der Waals surface area contributed by atoms with Gasteiger partial charge in [0.25, 0.3) is 0 Å². The first kappa shape index (κ1) is 22.3. The molecule has 2 aromatic rings. The number of rotatable bonds is 7. The summed E-state index contributed by atoms with van der Waals surface area (Å²) < 4.78 is 30.2. The van der Waals surface area contributed by atoms with E-state index in [-0.39, 0.29) is 42.1 Å². The lowest BCUT2D eigenvalue weighted by Crippen LogP contribution is -2.37. The van der Waals surface area contributed by atoms with Crippen LogP contribution in [0.3, 0.4) is 0 Å². The number of carbonyl (C=O) groups excluding carboxylic acids is 1. The molecule has 2 atom stereocenters. The molecule has 0 bridgehead atoms. The van der Waals surface area contributed by atoms with Crippen molar-refractivity contribution in [2.75, 3.05) is 16.4 Å². The summed E-state index contributed by atoms with van der Waals surface area (Å²) in [6.07, 6.45) is 0.143. The summed E-state index contributed by atoms with van der Waals surface area (Å²) in [6.45, 7) is 0. The summed E-state index contributed by atoms with van der Waals surface area (Å²) in [6, 6.07) is 16.2. The van der Waals surface area contributed by atoms with E-state index in [1.165, 1.54) is 11.8 Å². The third-order valence-electron chi connectivity index (χ3n) is 5.16. The van der Waals surface area contributed by atoms with Crippen LogP contribution in [0.25, 0.3) is 0 Å². The molecule has 2 aromatic carbocycles. The highest BCUT2D eigenvalue weighted by Gasteiger charge is 2.49. The number of carboxylic acid groups (broad SMARTS) is 1. The number of carbonyl (C=O) groups is 2. The van der Waals surface area contributed by atoms with Crippen LogP contribution in [-0.2, 0) is 19.4 Å². The van der Waals surface area contributed by atoms with Crippen LogP contribution in [0.5, 0.6) is 11.5 Å². The number of anilines is 1. The molecular weight excluding hydrogens is 452 g/mol. The minimum Gasteiger partial charge on any atom is -0.481 e. The van der Waals surface area contributed by atoms with E-state index in [1.54, 1.807) is 17.0 Å². The van der Waals surface area contributed by atoms with Crippen molar-refractivity contribution >= 4 is 44.3 Å². The molecule has 2 fully saturated rings. The molecule has 2 saturated heterocycles. The standard InChI is InChI=1S/C22H22N2O6S2/c25-20(7-4-8-21(26)27)23-22-24(18-13-32(28,29)14-19(18)31-22)15-9-11-17(12-10-15)30-16-5-2-1-3-6-16/h1-3,5-6,9-12,18-19H,4,7-8,13-14H2,(H,26,27)/t18-,19-/m0/s1. The largest absolute Gasteiger partial charge is 0.481 e. The maximum absolute atomic E-state index is 12.3. The van der Waals surface area contributed by atoms with Crippen molar-refractivity contribution in [2.45, 2.75) is 30.6 Å². The van der Waals surface area contributed by atoms with E-state index in [1.807, 2.05) is 42.5 Å². The average Bonchev–Trinajstić information content (AvgIpc) is 3.20. The van der Waals surface area contributed by atoms with Crippen LogP contribution in [0.1, 0.15) is 19.3 Å². The summed E-state index contributed by atoms with van der Waals surface area (Å²) >= 11 is 1.29. The average molecular weight is 475 g/mol. The van der Waals surface area contributed by atoms with Gasteiger partial charge in [0.15, 0.2) is 15.0 Å². The van der Waals surface area contributed by atoms with E-state index in [0.29, 0.717) is 16.7 Å². The number of hydrogen-bond acceptors (Lipinski definition) is 6. The molecule has 1 amide bonds. The lowest BCUT2D eigenvalue weighted by molar-refractivity contribution is -0.137. The molecule has 10 heteroatoms. The van der Waals surface area contributed by atoms with Gasteiger partial charge >= 0.3 is 5.97 Å². The van der Waals surface area contributed by atoms with E-state index in [0.717, 1.165) is 5.69 Å². The van der Waals surface area contributed by atoms with Gasteiger partial charge < -0.3 is 14.7 Å². The Kier molecular flexibility index (Phi) is 6.52. The van der Waals surface area contributed by atoms with Crippen LogP contribution in [0.4, 0.5) is 5.69 Å². The van der Waals surface area contributed by atoms with Gasteiger partial charge in [0.1, 0.15) is 11.5 Å². The van der Waals surface area contributed by atoms with Crippen molar-refractivity contribution in [3.8, 4) is 11.5 Å². The lowest BCUT2D eigenvalue weighted by Gasteiger charge is -2.24. The summed E-state index contributed by atoms with van der Waals surface area (Å²) in [4.78, 5) is 29.0. The van der Waals surface area contributed by atoms with Crippen LogP contribution in [0, 0.1) is 0 Å². The molecule has 2 aliphatic rings. The number of sulfone groups is 1. The number of carboxylic acids is 1. The van der Waals surface area contributed by atoms with Crippen molar-refractivity contribution in [1.29, 1.82) is 0 Å². The molecule has 32 heavy (non-hydrogen) atoms. The van der Waals surface area contributed by atoms with Gasteiger partial charge in [-0.25, -0.2) is 8.42 Å². The van der Waals surface area contributed by atoms with E-state index in [9.17, 15) is 18.0 Å². The normalized spacial score (nSPS) is 22.6. The number of ether oxygens (including phenoxy) is 1. The Morgan fingerprint density at radius 1 is 1.03 bits per heavy atom. The fraction of sp³-hybridized carbons (Fsp3) is 0.318. The number of amides is 1. The second-order valence-corrected chi connectivity index (χ2v) is 11.0. The number of aliphatic imine (C=N–C) groups is 1. The van der Waals surface area contributed by atoms with Gasteiger partial charge in [-0.05, 0) is 42.8 Å². The molecule has 0 aromatic heterocycles. The number of thioether (sulfide) groups is 1. The van der Waals surface area contributed by atoms with Gasteiger partial charge in [0.2, 0.25) is 5.91 Å². The molecule has 168 valence electrons. The molecular formula is C22H22N2O6S2. The highest BCUT2D eigenvalue weighted by molar-refractivity contribution is 8.16. The molecule has 8 nitrogen and oxygen atoms in total. The van der Waals surface area contributed by atoms with Crippen molar-refractivity contribution < 1.29 is 27.9 Å². The summed E-state index contributed by atoms with van der Waals surface area (Å²) in [7, 11) is -3.16. The minimum absolute atomic E-state index is 0.000835. The van der Waals surface area contributed by atoms with Crippen LogP contribution in [0.2, 0.25) is 0 Å². The first-order chi connectivity index (χ1) is 15.3. The first-order valence-electron chi connectivity index (χ1n) is 10.1. The van der Waals surface area contributed by atoms with E-state index < -0.39 is 21.7 Å². The molecule has 0 spiro atoms. The zero-order chi connectivity index (χ0) is 22.7. The smallest absolute Gasteiger partial charge is 0.303 e. The predicted molar refractivity (Wildman–Crippen MR) is 123 cm³/mol. The second kappa shape index (κ2) is 9.33. The van der Waals surface area contributed by atoms with Crippen molar-refractivity contribution in [1.82, 2.24) is 0 Å². The first-order valence-corrected chi connectivity index (χ1v) is 12.8. The monoisotopic (exact) mass is 474 g/mol. The Morgan fingerprint density at radius 3 is 2.41 bits per heavy atom. The molecule has 0 unspecified atom stereocenters. The third kappa shape index (κ3) is 5.31. The topological polar surface area (TPSA) is 113 Å². The zero-order valence-corrected chi connectivity index (χ0v) is 18.7. The Morgan fingerprint density at radius 2 is 1.72 bits per heavy atom. The fourth-order valence-corrected chi connectivity index (χ4v) is 7.65. The maximum atomic E-state index is 12.3. The molecule has 2 aliphatic heterocycles. The number of hydrogen-bond donors (Lipinski definition) is 1. The number of fused-ring (bicyclic) bond motifs is 1. The molecule has 1 N–H and O–H groups in total. The van der Waals surface area contributed by atoms with E-state index >= 15 is 0 Å². The van der Waals surface area contributed by atoms with Crippen molar-refractivity contribution in [2.24, 2.45) is 4.99 Å². The van der Waals surface area contributed by atoms with Crippen molar-refractivity contribution in [3.63, 3.8) is 0 Å². The quantitative estimate of drug-likeness (QED) is 0.650. The predicted octanol–water partition coefficient (Wildman–Crippen LogP) is 3.34. The number of nitrogens with zero attached hydrogens (tertiary/aromatic N) is 2. The van der Waals surface area contributed by atoms with Gasteiger partial charge in [0.05, 0.1) is 17.5 Å². The van der Waals surface area contributed by atoms with Crippen LogP contribution in [0.15, 0.2) is 59.6 Å². The zero-order valence-electron chi connectivity index (χ0n) is 17.1. The minimum atomic E-state index is -3.16. The summed E-state index contributed by atoms with van der Waals surface area (Å²) in [5.74, 6) is 0.00336. The van der Waals surface area contributed by atoms with Crippen LogP contribution >= 0.6 is 11.8 Å². The molecule has 0 saturated carbocycles. The third-order valence-corrected chi connectivity index (χ3v) is 8.37. The summed E-state index contributed by atoms with van der Waals surface area (Å²) in [5, 5.41) is 9.00. The van der Waals surface area contributed by atoms with E-state index in [4.69, 9.17) is 9.84 Å². The Hall–Kier alpha value is -2.85. The fourth-order valence-electron chi connectivity index (χ4n) is 3.72. The van der Waals surface area contributed by atoms with Gasteiger partial charge in [-0.2, -0.15) is 4.99 Å². The second-order valence-electron chi connectivity index (χ2n) is 7.61. The van der Waals surface area contributed by atoms with Crippen LogP contribution in [-0.4, -0.2) is 53.4 Å². The number of aliphatic carboxylic acids is 1. The van der Waals surface area contributed by atoms with Gasteiger partial charge in [-0.1, -0.05) is 30.0 Å². The molecule has 2 heterocycles. The van der Waals surface area contributed by atoms with Gasteiger partial charge in [0, 0.05) is 23.8 Å². The lowest BCUT2D eigenvalue weighted by atomic mass is 10.2.